The molecule has 7 nitrogen and oxygen atoms in total. The second-order valence-electron chi connectivity index (χ2n) is 3.27. The molecule has 0 spiro atoms. The molecule has 0 aliphatic rings. The number of H-pyrrole nitrogens is 1. The number of nitrogens with zero attached hydrogens (tertiary/aromatic N) is 1. The Hall–Kier alpha value is -2.18. The van der Waals surface area contributed by atoms with E-state index >= 15 is 0 Å². The molecule has 1 heterocycles. The molecule has 0 radical (unpaired) electrons. The van der Waals surface area contributed by atoms with Crippen molar-refractivity contribution in [3.8, 4) is 0 Å². The Kier molecular flexibility index (Phi) is 4.86. The van der Waals surface area contributed by atoms with Gasteiger partial charge in [-0.2, -0.15) is 5.10 Å². The van der Waals surface area contributed by atoms with Gasteiger partial charge in [-0.3, -0.25) is 14.4 Å². The summed E-state index contributed by atoms with van der Waals surface area (Å²) in [6, 6.07) is 2.53. The number of amides is 2. The monoisotopic (exact) mass is 238 g/mol. The number of carbonyl (C=O) groups excluding carboxylic acids is 2. The maximum Gasteiger partial charge on any atom is 0.271 e. The molecule has 2 amide bonds. The van der Waals surface area contributed by atoms with Crippen LogP contribution in [0.2, 0.25) is 0 Å². The second-order valence-corrected chi connectivity index (χ2v) is 3.27. The van der Waals surface area contributed by atoms with Crippen LogP contribution in [0.15, 0.2) is 16.9 Å². The average Bonchev–Trinajstić information content (AvgIpc) is 2.30. The first-order valence-electron chi connectivity index (χ1n) is 5.24. The van der Waals surface area contributed by atoms with Crippen molar-refractivity contribution in [2.75, 3.05) is 13.1 Å². The van der Waals surface area contributed by atoms with Gasteiger partial charge in [-0.25, -0.2) is 5.10 Å². The molecule has 0 atom stereocenters. The number of aromatic nitrogens is 2. The van der Waals surface area contributed by atoms with Crippen molar-refractivity contribution < 1.29 is 9.59 Å². The number of hydrogen-bond acceptors (Lipinski definition) is 4. The van der Waals surface area contributed by atoms with Gasteiger partial charge in [0.05, 0.1) is 0 Å². The van der Waals surface area contributed by atoms with Gasteiger partial charge in [-0.15, -0.1) is 0 Å². The first-order valence-corrected chi connectivity index (χ1v) is 5.24. The van der Waals surface area contributed by atoms with Gasteiger partial charge in [0, 0.05) is 25.6 Å². The van der Waals surface area contributed by atoms with E-state index in [-0.39, 0.29) is 30.1 Å². The molecule has 0 fully saturated rings. The third-order valence-electron chi connectivity index (χ3n) is 1.92. The average molecular weight is 238 g/mol. The Morgan fingerprint density at radius 3 is 2.71 bits per heavy atom. The highest BCUT2D eigenvalue weighted by molar-refractivity contribution is 5.92. The molecule has 7 heteroatoms. The van der Waals surface area contributed by atoms with Crippen LogP contribution in [0.25, 0.3) is 0 Å². The lowest BCUT2D eigenvalue weighted by molar-refractivity contribution is -0.120. The number of carbonyl (C=O) groups is 2. The lowest BCUT2D eigenvalue weighted by atomic mass is 10.3. The molecule has 1 aromatic rings. The van der Waals surface area contributed by atoms with Gasteiger partial charge in [0.1, 0.15) is 5.69 Å². The summed E-state index contributed by atoms with van der Waals surface area (Å²) in [4.78, 5) is 33.3. The highest BCUT2D eigenvalue weighted by Crippen LogP contribution is 1.88. The summed E-state index contributed by atoms with van der Waals surface area (Å²) in [7, 11) is 0. The zero-order valence-electron chi connectivity index (χ0n) is 9.45. The fraction of sp³-hybridized carbons (Fsp3) is 0.400. The molecular weight excluding hydrogens is 224 g/mol. The van der Waals surface area contributed by atoms with Gasteiger partial charge < -0.3 is 10.6 Å². The number of rotatable bonds is 5. The lowest BCUT2D eigenvalue weighted by Crippen LogP contribution is -2.31. The van der Waals surface area contributed by atoms with Crippen LogP contribution in [0.4, 0.5) is 0 Å². The highest BCUT2D eigenvalue weighted by atomic mass is 16.2. The van der Waals surface area contributed by atoms with Crippen molar-refractivity contribution in [2.24, 2.45) is 0 Å². The fourth-order valence-electron chi connectivity index (χ4n) is 1.14. The Bertz CT molecular complexity index is 435. The fourth-order valence-corrected chi connectivity index (χ4v) is 1.14. The molecule has 1 rings (SSSR count). The Labute approximate surface area is 97.6 Å². The summed E-state index contributed by atoms with van der Waals surface area (Å²) >= 11 is 0. The first kappa shape index (κ1) is 12.9. The summed E-state index contributed by atoms with van der Waals surface area (Å²) in [5.74, 6) is -0.548. The summed E-state index contributed by atoms with van der Waals surface area (Å²) < 4.78 is 0. The van der Waals surface area contributed by atoms with Crippen LogP contribution in [0.5, 0.6) is 0 Å². The summed E-state index contributed by atoms with van der Waals surface area (Å²) in [5, 5.41) is 10.9. The molecule has 0 aliphatic carbocycles. The molecule has 0 saturated carbocycles. The van der Waals surface area contributed by atoms with E-state index in [2.05, 4.69) is 20.8 Å². The first-order chi connectivity index (χ1) is 8.13. The van der Waals surface area contributed by atoms with Crippen molar-refractivity contribution >= 4 is 11.8 Å². The Balaban J connectivity index is 2.37. The number of nitrogens with one attached hydrogen (secondary N) is 3. The number of aromatic amines is 1. The van der Waals surface area contributed by atoms with E-state index in [4.69, 9.17) is 0 Å². The van der Waals surface area contributed by atoms with Gasteiger partial charge in [0.15, 0.2) is 0 Å². The third-order valence-corrected chi connectivity index (χ3v) is 1.92. The van der Waals surface area contributed by atoms with Crippen molar-refractivity contribution in [3.05, 3.63) is 28.2 Å². The van der Waals surface area contributed by atoms with Crippen LogP contribution in [-0.2, 0) is 4.79 Å². The van der Waals surface area contributed by atoms with Gasteiger partial charge >= 0.3 is 0 Å². The molecule has 0 saturated heterocycles. The van der Waals surface area contributed by atoms with Crippen molar-refractivity contribution in [1.29, 1.82) is 0 Å². The van der Waals surface area contributed by atoms with Crippen LogP contribution < -0.4 is 16.2 Å². The van der Waals surface area contributed by atoms with E-state index in [9.17, 15) is 14.4 Å². The minimum Gasteiger partial charge on any atom is -0.356 e. The second kappa shape index (κ2) is 6.41. The summed E-state index contributed by atoms with van der Waals surface area (Å²) in [5.41, 5.74) is -0.260. The summed E-state index contributed by atoms with van der Waals surface area (Å²) in [6.07, 6.45) is 0.211. The molecule has 0 aromatic carbocycles. The predicted molar refractivity (Wildman–Crippen MR) is 60.5 cm³/mol. The molecule has 3 N–H and O–H groups in total. The van der Waals surface area contributed by atoms with Crippen molar-refractivity contribution in [2.45, 2.75) is 13.3 Å². The predicted octanol–water partition coefficient (Wildman–Crippen LogP) is -0.974. The SMILES string of the molecule is CCNC(=O)CCNC(=O)c1ccc(=O)[nH]n1. The topological polar surface area (TPSA) is 104 Å². The molecule has 0 unspecified atom stereocenters. The van der Waals surface area contributed by atoms with Crippen molar-refractivity contribution in [1.82, 2.24) is 20.8 Å². The summed E-state index contributed by atoms with van der Waals surface area (Å²) in [6.45, 7) is 2.61. The minimum absolute atomic E-state index is 0.112. The third kappa shape index (κ3) is 4.45. The van der Waals surface area contributed by atoms with Gasteiger partial charge in [-0.05, 0) is 13.0 Å². The zero-order chi connectivity index (χ0) is 12.7. The lowest BCUT2D eigenvalue weighted by Gasteiger charge is -2.04. The molecular formula is C10H14N4O3. The minimum atomic E-state index is -0.425. The van der Waals surface area contributed by atoms with Crippen LogP contribution >= 0.6 is 0 Å². The Morgan fingerprint density at radius 1 is 1.35 bits per heavy atom. The standard InChI is InChI=1S/C10H14N4O3/c1-2-11-8(15)5-6-12-10(17)7-3-4-9(16)14-13-7/h3-4H,2,5-6H2,1H3,(H,11,15)(H,12,17)(H,14,16). The van der Waals surface area contributed by atoms with Crippen LogP contribution in [0.3, 0.4) is 0 Å². The Morgan fingerprint density at radius 2 is 2.12 bits per heavy atom. The van der Waals surface area contributed by atoms with Crippen LogP contribution in [0, 0.1) is 0 Å². The van der Waals surface area contributed by atoms with Gasteiger partial charge in [-0.1, -0.05) is 0 Å². The van der Waals surface area contributed by atoms with E-state index in [0.29, 0.717) is 6.54 Å². The molecule has 1 aromatic heterocycles. The van der Waals surface area contributed by atoms with E-state index in [1.807, 2.05) is 6.92 Å². The maximum absolute atomic E-state index is 11.5. The number of hydrogen-bond donors (Lipinski definition) is 3. The molecule has 92 valence electrons. The van der Waals surface area contributed by atoms with Crippen LogP contribution in [-0.4, -0.2) is 35.1 Å². The van der Waals surface area contributed by atoms with Crippen molar-refractivity contribution in [3.63, 3.8) is 0 Å². The molecule has 17 heavy (non-hydrogen) atoms. The van der Waals surface area contributed by atoms with E-state index in [1.54, 1.807) is 0 Å². The largest absolute Gasteiger partial charge is 0.356 e. The maximum atomic E-state index is 11.5. The van der Waals surface area contributed by atoms with E-state index in [0.717, 1.165) is 0 Å². The van der Waals surface area contributed by atoms with E-state index in [1.165, 1.54) is 12.1 Å². The van der Waals surface area contributed by atoms with Crippen LogP contribution in [0.1, 0.15) is 23.8 Å². The highest BCUT2D eigenvalue weighted by Gasteiger charge is 2.07. The normalized spacial score (nSPS) is 9.71. The van der Waals surface area contributed by atoms with Gasteiger partial charge in [0.25, 0.3) is 11.5 Å². The zero-order valence-corrected chi connectivity index (χ0v) is 9.45. The van der Waals surface area contributed by atoms with E-state index < -0.39 is 5.91 Å². The molecule has 0 bridgehead atoms. The smallest absolute Gasteiger partial charge is 0.271 e. The molecule has 0 aliphatic heterocycles. The quantitative estimate of drug-likeness (QED) is 0.613. The van der Waals surface area contributed by atoms with Gasteiger partial charge in [0.2, 0.25) is 5.91 Å².